The highest BCUT2D eigenvalue weighted by molar-refractivity contribution is 6.08. The Labute approximate surface area is 254 Å². The lowest BCUT2D eigenvalue weighted by molar-refractivity contribution is -0.192. The first-order valence-corrected chi connectivity index (χ1v) is 14.4. The fourth-order valence-electron chi connectivity index (χ4n) is 4.88. The fraction of sp³-hybridized carbons (Fsp3) is 0.419. The van der Waals surface area contributed by atoms with E-state index in [2.05, 4.69) is 29.1 Å². The molecule has 1 atom stereocenters. The number of aliphatic hydroxyl groups is 1. The van der Waals surface area contributed by atoms with Gasteiger partial charge in [-0.2, -0.15) is 13.2 Å². The molecule has 0 spiro atoms. The normalized spacial score (nSPS) is 16.3. The van der Waals surface area contributed by atoms with Gasteiger partial charge in [-0.3, -0.25) is 9.59 Å². The summed E-state index contributed by atoms with van der Waals surface area (Å²) in [6.45, 7) is 7.06. The molecule has 2 aromatic carbocycles. The van der Waals surface area contributed by atoms with E-state index in [1.165, 1.54) is 0 Å². The van der Waals surface area contributed by atoms with Gasteiger partial charge in [-0.1, -0.05) is 19.9 Å². The number of alkyl halides is 3. The molecule has 1 saturated heterocycles. The lowest BCUT2D eigenvalue weighted by atomic mass is 10.0. The van der Waals surface area contributed by atoms with Crippen molar-refractivity contribution in [1.29, 1.82) is 0 Å². The fourth-order valence-corrected chi connectivity index (χ4v) is 4.88. The number of aliphatic carboxylic acids is 1. The van der Waals surface area contributed by atoms with Gasteiger partial charge in [0.15, 0.2) is 0 Å². The summed E-state index contributed by atoms with van der Waals surface area (Å²) < 4.78 is 31.7. The highest BCUT2D eigenvalue weighted by atomic mass is 19.4. The number of hydrogen-bond donors (Lipinski definition) is 4. The Morgan fingerprint density at radius 3 is 2.30 bits per heavy atom. The number of nitrogens with one attached hydrogen (secondary N) is 1. The maximum Gasteiger partial charge on any atom is 0.490 e. The van der Waals surface area contributed by atoms with E-state index in [9.17, 15) is 27.9 Å². The van der Waals surface area contributed by atoms with Gasteiger partial charge in [-0.15, -0.1) is 0 Å². The number of nitrogens with zero attached hydrogens (tertiary/aromatic N) is 3. The van der Waals surface area contributed by atoms with E-state index in [4.69, 9.17) is 15.6 Å². The van der Waals surface area contributed by atoms with Gasteiger partial charge in [0.1, 0.15) is 5.84 Å². The van der Waals surface area contributed by atoms with E-state index in [0.29, 0.717) is 48.0 Å². The molecule has 5 N–H and O–H groups in total. The van der Waals surface area contributed by atoms with Crippen LogP contribution in [0.4, 0.5) is 30.2 Å². The van der Waals surface area contributed by atoms with Gasteiger partial charge >= 0.3 is 12.1 Å². The summed E-state index contributed by atoms with van der Waals surface area (Å²) in [6.07, 6.45) is 0.324. The number of aliphatic hydroxyl groups excluding tert-OH is 1. The number of carbonyl (C=O) groups excluding carboxylic acids is 2. The van der Waals surface area contributed by atoms with Gasteiger partial charge in [0.25, 0.3) is 5.91 Å². The first kappa shape index (κ1) is 34.1. The minimum absolute atomic E-state index is 0.0148. The molecule has 0 radical (unpaired) electrons. The molecule has 0 saturated carbocycles. The zero-order chi connectivity index (χ0) is 32.4. The topological polar surface area (TPSA) is 149 Å². The van der Waals surface area contributed by atoms with Crippen molar-refractivity contribution < 1.29 is 37.8 Å². The second-order valence-corrected chi connectivity index (χ2v) is 10.6. The van der Waals surface area contributed by atoms with E-state index >= 15 is 0 Å². The SMILES string of the molecule is CCCN(CCC)C(=O)C1=Cc2ccc(C(=O)Nc3ccc(N4CCCC(O)C4)cc3)cc2N=C(N)C1.O=C(O)C(F)(F)F. The van der Waals surface area contributed by atoms with Gasteiger partial charge in [-0.05, 0) is 68.2 Å². The number of amides is 2. The maximum atomic E-state index is 13.2. The first-order chi connectivity index (χ1) is 20.8. The number of β-amino-alcohol motifs (C(OH)–C–C–N with tert-alkyl or cyclic N) is 1. The molecule has 2 aliphatic heterocycles. The summed E-state index contributed by atoms with van der Waals surface area (Å²) in [7, 11) is 0. The van der Waals surface area contributed by atoms with E-state index in [1.807, 2.05) is 41.3 Å². The molecular weight excluding hydrogens is 579 g/mol. The predicted molar refractivity (Wildman–Crippen MR) is 163 cm³/mol. The number of aliphatic imine (C=N–C) groups is 1. The molecule has 13 heteroatoms. The summed E-state index contributed by atoms with van der Waals surface area (Å²) in [4.78, 5) is 43.6. The van der Waals surface area contributed by atoms with Crippen LogP contribution < -0.4 is 16.0 Å². The molecule has 0 bridgehead atoms. The summed E-state index contributed by atoms with van der Waals surface area (Å²) >= 11 is 0. The van der Waals surface area contributed by atoms with Gasteiger partial charge < -0.3 is 31.1 Å². The van der Waals surface area contributed by atoms with Gasteiger partial charge in [0.2, 0.25) is 5.91 Å². The largest absolute Gasteiger partial charge is 0.490 e. The Morgan fingerprint density at radius 2 is 1.73 bits per heavy atom. The molecule has 238 valence electrons. The van der Waals surface area contributed by atoms with Crippen molar-refractivity contribution in [3.8, 4) is 0 Å². The van der Waals surface area contributed by atoms with Crippen LogP contribution in [0.15, 0.2) is 53.0 Å². The molecule has 0 aliphatic carbocycles. The quantitative estimate of drug-likeness (QED) is 0.327. The molecule has 44 heavy (non-hydrogen) atoms. The summed E-state index contributed by atoms with van der Waals surface area (Å²) in [5.74, 6) is -2.67. The Morgan fingerprint density at radius 1 is 1.09 bits per heavy atom. The van der Waals surface area contributed by atoms with Crippen LogP contribution in [0.1, 0.15) is 61.9 Å². The van der Waals surface area contributed by atoms with E-state index in [-0.39, 0.29) is 24.3 Å². The van der Waals surface area contributed by atoms with E-state index in [1.54, 1.807) is 12.1 Å². The number of carbonyl (C=O) groups is 3. The van der Waals surface area contributed by atoms with Gasteiger partial charge in [-0.25, -0.2) is 9.79 Å². The minimum atomic E-state index is -5.08. The Balaban J connectivity index is 0.000000676. The predicted octanol–water partition coefficient (Wildman–Crippen LogP) is 4.96. The molecule has 0 aromatic heterocycles. The average molecular weight is 618 g/mol. The summed E-state index contributed by atoms with van der Waals surface area (Å²) in [5, 5.41) is 20.0. The number of carboxylic acid groups (broad SMARTS) is 1. The molecule has 10 nitrogen and oxygen atoms in total. The van der Waals surface area contributed by atoms with E-state index in [0.717, 1.165) is 43.5 Å². The average Bonchev–Trinajstić information content (AvgIpc) is 3.14. The van der Waals surface area contributed by atoms with Crippen molar-refractivity contribution >= 4 is 46.8 Å². The molecule has 1 unspecified atom stereocenters. The smallest absolute Gasteiger partial charge is 0.475 e. The van der Waals surface area contributed by atoms with Crippen LogP contribution in [0.3, 0.4) is 0 Å². The molecule has 2 aliphatic rings. The lowest BCUT2D eigenvalue weighted by Crippen LogP contribution is -2.38. The number of nitrogens with two attached hydrogens (primary N) is 1. The van der Waals surface area contributed by atoms with Crippen LogP contribution >= 0.6 is 0 Å². The number of carboxylic acids is 1. The van der Waals surface area contributed by atoms with Crippen LogP contribution in [-0.4, -0.2) is 77.2 Å². The Kier molecular flexibility index (Phi) is 11.9. The number of hydrogen-bond acceptors (Lipinski definition) is 7. The molecule has 2 heterocycles. The molecule has 2 aromatic rings. The second-order valence-electron chi connectivity index (χ2n) is 10.6. The van der Waals surface area contributed by atoms with Crippen molar-refractivity contribution in [1.82, 2.24) is 4.90 Å². The number of piperidine rings is 1. The van der Waals surface area contributed by atoms with E-state index < -0.39 is 12.1 Å². The van der Waals surface area contributed by atoms with Crippen LogP contribution in [-0.2, 0) is 9.59 Å². The van der Waals surface area contributed by atoms with Crippen molar-refractivity contribution in [2.75, 3.05) is 36.4 Å². The first-order valence-electron chi connectivity index (χ1n) is 14.4. The van der Waals surface area contributed by atoms with Crippen molar-refractivity contribution in [3.05, 3.63) is 59.2 Å². The Hall–Kier alpha value is -4.39. The Bertz CT molecular complexity index is 1390. The summed E-state index contributed by atoms with van der Waals surface area (Å²) in [5.41, 5.74) is 10.3. The highest BCUT2D eigenvalue weighted by Gasteiger charge is 2.38. The van der Waals surface area contributed by atoms with Crippen molar-refractivity contribution in [2.45, 2.75) is 58.2 Å². The summed E-state index contributed by atoms with van der Waals surface area (Å²) in [6, 6.07) is 12.9. The van der Waals surface area contributed by atoms with Gasteiger partial charge in [0.05, 0.1) is 11.8 Å². The zero-order valence-electron chi connectivity index (χ0n) is 24.7. The number of halogens is 3. The molecule has 1 fully saturated rings. The third-order valence-corrected chi connectivity index (χ3v) is 6.94. The van der Waals surface area contributed by atoms with Crippen molar-refractivity contribution in [2.24, 2.45) is 10.7 Å². The maximum absolute atomic E-state index is 13.2. The number of anilines is 2. The van der Waals surface area contributed by atoms with Gasteiger partial charge in [0, 0.05) is 60.7 Å². The van der Waals surface area contributed by atoms with Crippen LogP contribution in [0.5, 0.6) is 0 Å². The van der Waals surface area contributed by atoms with Crippen LogP contribution in [0, 0.1) is 0 Å². The van der Waals surface area contributed by atoms with Crippen LogP contribution in [0.25, 0.3) is 6.08 Å². The lowest BCUT2D eigenvalue weighted by Gasteiger charge is -2.32. The number of fused-ring (bicyclic) bond motifs is 1. The zero-order valence-corrected chi connectivity index (χ0v) is 24.7. The third-order valence-electron chi connectivity index (χ3n) is 6.94. The highest BCUT2D eigenvalue weighted by Crippen LogP contribution is 2.29. The van der Waals surface area contributed by atoms with Crippen LogP contribution in [0.2, 0.25) is 0 Å². The second kappa shape index (κ2) is 15.4. The minimum Gasteiger partial charge on any atom is -0.475 e. The van der Waals surface area contributed by atoms with Crippen molar-refractivity contribution in [3.63, 3.8) is 0 Å². The standard InChI is InChI=1S/C29H37N5O3.C2HF3O2/c1-3-13-33(14-4-2)29(37)22-16-20-7-8-21(17-26(20)32-27(30)18-22)28(36)31-23-9-11-24(12-10-23)34-15-5-6-25(35)19-34;3-2(4,5)1(6)7/h7-12,16-17,25,35H,3-6,13-15,18-19H2,1-2H3,(H2,30,32)(H,31,36);(H,6,7). The molecule has 2 amide bonds. The molecular formula is C31H38F3N5O5. The monoisotopic (exact) mass is 617 g/mol. The number of amidine groups is 1. The molecule has 4 rings (SSSR count). The number of benzene rings is 2. The third kappa shape index (κ3) is 9.56. The number of rotatable bonds is 8.